The molecular weight excluding hydrogens is 402 g/mol. The summed E-state index contributed by atoms with van der Waals surface area (Å²) in [4.78, 5) is 15.5. The van der Waals surface area contributed by atoms with Gasteiger partial charge in [0.15, 0.2) is 0 Å². The predicted molar refractivity (Wildman–Crippen MR) is 127 cm³/mol. The summed E-state index contributed by atoms with van der Waals surface area (Å²) in [6.07, 6.45) is 1.41. The molecule has 0 radical (unpaired) electrons. The summed E-state index contributed by atoms with van der Waals surface area (Å²) in [7, 11) is 0. The number of hydrogen-bond donors (Lipinski definition) is 1. The molecule has 1 N–H and O–H groups in total. The van der Waals surface area contributed by atoms with Crippen molar-refractivity contribution in [3.05, 3.63) is 64.5 Å². The van der Waals surface area contributed by atoms with Crippen LogP contribution < -0.4 is 4.74 Å². The molecule has 0 aliphatic carbocycles. The van der Waals surface area contributed by atoms with Crippen LogP contribution in [0.15, 0.2) is 40.8 Å². The Morgan fingerprint density at radius 1 is 1.00 bits per heavy atom. The van der Waals surface area contributed by atoms with Crippen molar-refractivity contribution in [2.24, 2.45) is 0 Å². The van der Waals surface area contributed by atoms with Gasteiger partial charge in [-0.2, -0.15) is 0 Å². The van der Waals surface area contributed by atoms with Gasteiger partial charge < -0.3 is 14.3 Å². The lowest BCUT2D eigenvalue weighted by Gasteiger charge is -2.27. The predicted octanol–water partition coefficient (Wildman–Crippen LogP) is 6.38. The SMILES string of the molecule is Cc1oc(-c2cc(C(C)(C)C)c(O)c(C(C)(C)C)c2)nc1CCOc1ccc(C=O)cc1. The number of hydrogen-bond acceptors (Lipinski definition) is 5. The van der Waals surface area contributed by atoms with Crippen molar-refractivity contribution in [2.45, 2.75) is 65.7 Å². The zero-order chi connectivity index (χ0) is 23.7. The van der Waals surface area contributed by atoms with Gasteiger partial charge in [-0.15, -0.1) is 0 Å². The average Bonchev–Trinajstić information content (AvgIpc) is 3.07. The van der Waals surface area contributed by atoms with Gasteiger partial charge in [-0.05, 0) is 54.2 Å². The standard InChI is InChI=1S/C27H33NO4/c1-17-23(12-13-31-20-10-8-18(16-29)9-11-20)28-25(32-17)19-14-21(26(2,3)4)24(30)22(15-19)27(5,6)7/h8-11,14-16,30H,12-13H2,1-7H3. The summed E-state index contributed by atoms with van der Waals surface area (Å²) in [6.45, 7) is 14.9. The molecule has 3 aromatic rings. The molecule has 5 nitrogen and oxygen atoms in total. The van der Waals surface area contributed by atoms with Crippen LogP contribution in [0.2, 0.25) is 0 Å². The zero-order valence-corrected chi connectivity index (χ0v) is 20.1. The van der Waals surface area contributed by atoms with Gasteiger partial charge >= 0.3 is 0 Å². The highest BCUT2D eigenvalue weighted by atomic mass is 16.5. The second-order valence-corrected chi connectivity index (χ2v) is 10.2. The number of carbonyl (C=O) groups is 1. The minimum Gasteiger partial charge on any atom is -0.507 e. The van der Waals surface area contributed by atoms with E-state index < -0.39 is 0 Å². The molecule has 0 saturated heterocycles. The number of benzene rings is 2. The van der Waals surface area contributed by atoms with E-state index in [9.17, 15) is 9.90 Å². The lowest BCUT2D eigenvalue weighted by molar-refractivity contribution is 0.112. The van der Waals surface area contributed by atoms with Gasteiger partial charge in [-0.3, -0.25) is 4.79 Å². The molecule has 0 spiro atoms. The van der Waals surface area contributed by atoms with Crippen LogP contribution in [0.5, 0.6) is 11.5 Å². The molecule has 0 saturated carbocycles. The van der Waals surface area contributed by atoms with Crippen molar-refractivity contribution in [1.82, 2.24) is 4.98 Å². The molecule has 0 aliphatic heterocycles. The molecule has 32 heavy (non-hydrogen) atoms. The third-order valence-corrected chi connectivity index (χ3v) is 5.49. The Morgan fingerprint density at radius 2 is 1.56 bits per heavy atom. The van der Waals surface area contributed by atoms with Gasteiger partial charge in [0.05, 0.1) is 12.3 Å². The van der Waals surface area contributed by atoms with Crippen LogP contribution in [0.25, 0.3) is 11.5 Å². The number of carbonyl (C=O) groups excluding carboxylic acids is 1. The van der Waals surface area contributed by atoms with Gasteiger partial charge in [-0.25, -0.2) is 4.98 Å². The lowest BCUT2D eigenvalue weighted by Crippen LogP contribution is -2.17. The van der Waals surface area contributed by atoms with Crippen LogP contribution in [-0.2, 0) is 17.3 Å². The van der Waals surface area contributed by atoms with Crippen LogP contribution in [0.1, 0.15) is 74.5 Å². The topological polar surface area (TPSA) is 72.6 Å². The van der Waals surface area contributed by atoms with E-state index in [0.717, 1.165) is 34.4 Å². The summed E-state index contributed by atoms with van der Waals surface area (Å²) in [5.41, 5.74) is 3.62. The summed E-state index contributed by atoms with van der Waals surface area (Å²) >= 11 is 0. The number of ether oxygens (including phenoxy) is 1. The lowest BCUT2D eigenvalue weighted by atomic mass is 9.78. The first-order chi connectivity index (χ1) is 14.9. The number of phenolic OH excluding ortho intramolecular Hbond substituents is 1. The van der Waals surface area contributed by atoms with E-state index in [1.54, 1.807) is 24.3 Å². The van der Waals surface area contributed by atoms with Crippen LogP contribution in [-0.4, -0.2) is 23.0 Å². The number of oxazole rings is 1. The molecule has 0 fully saturated rings. The molecule has 0 aliphatic rings. The minimum atomic E-state index is -0.224. The number of aldehydes is 1. The number of nitrogens with zero attached hydrogens (tertiary/aromatic N) is 1. The van der Waals surface area contributed by atoms with Crippen LogP contribution >= 0.6 is 0 Å². The normalized spacial score (nSPS) is 12.1. The van der Waals surface area contributed by atoms with E-state index in [1.807, 2.05) is 19.1 Å². The molecule has 5 heteroatoms. The molecule has 1 heterocycles. The first kappa shape index (κ1) is 23.6. The summed E-state index contributed by atoms with van der Waals surface area (Å²) in [5.74, 6) is 2.35. The molecule has 0 amide bonds. The first-order valence-corrected chi connectivity index (χ1v) is 10.9. The molecule has 170 valence electrons. The van der Waals surface area contributed by atoms with E-state index in [1.165, 1.54) is 0 Å². The third kappa shape index (κ3) is 5.21. The highest BCUT2D eigenvalue weighted by molar-refractivity contribution is 5.74. The number of phenols is 1. The van der Waals surface area contributed by atoms with Gasteiger partial charge in [-0.1, -0.05) is 41.5 Å². The second kappa shape index (κ2) is 8.81. The molecule has 0 atom stereocenters. The maximum absolute atomic E-state index is 11.0. The van der Waals surface area contributed by atoms with Gasteiger partial charge in [0.25, 0.3) is 0 Å². The van der Waals surface area contributed by atoms with Crippen molar-refractivity contribution in [3.63, 3.8) is 0 Å². The van der Waals surface area contributed by atoms with E-state index in [4.69, 9.17) is 14.1 Å². The van der Waals surface area contributed by atoms with Crippen molar-refractivity contribution in [2.75, 3.05) is 6.61 Å². The molecular formula is C27H33NO4. The van der Waals surface area contributed by atoms with Crippen molar-refractivity contribution >= 4 is 6.29 Å². The van der Waals surface area contributed by atoms with Gasteiger partial charge in [0, 0.05) is 28.7 Å². The fourth-order valence-corrected chi connectivity index (χ4v) is 3.59. The Balaban J connectivity index is 1.86. The summed E-state index contributed by atoms with van der Waals surface area (Å²) in [5, 5.41) is 11.0. The smallest absolute Gasteiger partial charge is 0.226 e. The second-order valence-electron chi connectivity index (χ2n) is 10.2. The largest absolute Gasteiger partial charge is 0.507 e. The van der Waals surface area contributed by atoms with Crippen molar-refractivity contribution in [1.29, 1.82) is 0 Å². The van der Waals surface area contributed by atoms with E-state index >= 15 is 0 Å². The number of rotatable bonds is 6. The minimum absolute atomic E-state index is 0.224. The van der Waals surface area contributed by atoms with E-state index in [0.29, 0.717) is 36.0 Å². The van der Waals surface area contributed by atoms with Gasteiger partial charge in [0.1, 0.15) is 23.5 Å². The summed E-state index contributed by atoms with van der Waals surface area (Å²) < 4.78 is 11.8. The quantitative estimate of drug-likeness (QED) is 0.455. The monoisotopic (exact) mass is 435 g/mol. The fraction of sp³-hybridized carbons (Fsp3) is 0.407. The van der Waals surface area contributed by atoms with Crippen molar-refractivity contribution < 1.29 is 19.1 Å². The highest BCUT2D eigenvalue weighted by Crippen LogP contribution is 2.42. The van der Waals surface area contributed by atoms with Crippen LogP contribution in [0, 0.1) is 6.92 Å². The van der Waals surface area contributed by atoms with Crippen LogP contribution in [0.4, 0.5) is 0 Å². The zero-order valence-electron chi connectivity index (χ0n) is 20.1. The maximum atomic E-state index is 11.0. The number of aromatic hydroxyl groups is 1. The maximum Gasteiger partial charge on any atom is 0.226 e. The van der Waals surface area contributed by atoms with E-state index in [-0.39, 0.29) is 10.8 Å². The summed E-state index contributed by atoms with van der Waals surface area (Å²) in [6, 6.07) is 11.0. The first-order valence-electron chi connectivity index (χ1n) is 10.9. The Bertz CT molecular complexity index is 1060. The molecule has 1 aromatic heterocycles. The molecule has 0 unspecified atom stereocenters. The van der Waals surface area contributed by atoms with Crippen molar-refractivity contribution in [3.8, 4) is 23.0 Å². The Kier molecular flexibility index (Phi) is 6.49. The Hall–Kier alpha value is -3.08. The average molecular weight is 436 g/mol. The van der Waals surface area contributed by atoms with Crippen LogP contribution in [0.3, 0.4) is 0 Å². The molecule has 0 bridgehead atoms. The Labute approximate surface area is 190 Å². The van der Waals surface area contributed by atoms with Gasteiger partial charge in [0.2, 0.25) is 5.89 Å². The fourth-order valence-electron chi connectivity index (χ4n) is 3.59. The molecule has 3 rings (SSSR count). The third-order valence-electron chi connectivity index (χ3n) is 5.49. The highest BCUT2D eigenvalue weighted by Gasteiger charge is 2.28. The number of aryl methyl sites for hydroxylation is 1. The Morgan fingerprint density at radius 3 is 2.06 bits per heavy atom. The number of aromatic nitrogens is 1. The van der Waals surface area contributed by atoms with E-state index in [2.05, 4.69) is 41.5 Å². The molecule has 2 aromatic carbocycles.